The van der Waals surface area contributed by atoms with Crippen LogP contribution in [0.4, 0.5) is 0 Å². The van der Waals surface area contributed by atoms with Gasteiger partial charge in [-0.1, -0.05) is 24.3 Å². The molecule has 0 radical (unpaired) electrons. The highest BCUT2D eigenvalue weighted by molar-refractivity contribution is 14.0. The minimum atomic E-state index is 0. The molecule has 29 heavy (non-hydrogen) atoms. The molecule has 0 aliphatic heterocycles. The molecule has 0 atom stereocenters. The van der Waals surface area contributed by atoms with E-state index in [-0.39, 0.29) is 24.0 Å². The standard InChI is InChI=1S/C21H26N4O3.HI/c1-15-17-8-4-5-9-18(17)28-19(15)14-25-21(22-2)24-13-16-7-6-10-23-20(16)27-12-11-26-3;/h4-10H,11-14H2,1-3H3,(H2,22,24,25);1H. The van der Waals surface area contributed by atoms with Crippen LogP contribution in [0.3, 0.4) is 0 Å². The molecule has 0 aliphatic carbocycles. The molecule has 1 aromatic carbocycles. The lowest BCUT2D eigenvalue weighted by Crippen LogP contribution is -2.36. The molecule has 3 rings (SSSR count). The highest BCUT2D eigenvalue weighted by atomic mass is 127. The Morgan fingerprint density at radius 2 is 1.90 bits per heavy atom. The molecule has 2 aromatic heterocycles. The topological polar surface area (TPSA) is 80.9 Å². The fourth-order valence-corrected chi connectivity index (χ4v) is 2.87. The summed E-state index contributed by atoms with van der Waals surface area (Å²) in [5, 5.41) is 7.71. The van der Waals surface area contributed by atoms with Crippen LogP contribution in [0.1, 0.15) is 16.9 Å². The Labute approximate surface area is 187 Å². The quantitative estimate of drug-likeness (QED) is 0.209. The number of hydrogen-bond acceptors (Lipinski definition) is 5. The largest absolute Gasteiger partial charge is 0.475 e. The number of rotatable bonds is 8. The average Bonchev–Trinajstić information content (AvgIpc) is 3.05. The van der Waals surface area contributed by atoms with Crippen molar-refractivity contribution in [2.45, 2.75) is 20.0 Å². The third kappa shape index (κ3) is 6.07. The van der Waals surface area contributed by atoms with Gasteiger partial charge in [-0.05, 0) is 19.1 Å². The number of aliphatic imine (C=N–C) groups is 1. The Kier molecular flexibility index (Phi) is 9.20. The van der Waals surface area contributed by atoms with E-state index in [1.54, 1.807) is 20.4 Å². The van der Waals surface area contributed by atoms with Crippen LogP contribution in [-0.4, -0.2) is 38.3 Å². The van der Waals surface area contributed by atoms with Crippen LogP contribution in [0, 0.1) is 6.92 Å². The van der Waals surface area contributed by atoms with Crippen molar-refractivity contribution in [1.29, 1.82) is 0 Å². The lowest BCUT2D eigenvalue weighted by Gasteiger charge is -2.13. The molecule has 0 saturated heterocycles. The van der Waals surface area contributed by atoms with Crippen molar-refractivity contribution in [3.63, 3.8) is 0 Å². The molecule has 0 fully saturated rings. The summed E-state index contributed by atoms with van der Waals surface area (Å²) in [5.74, 6) is 2.16. The number of furan rings is 1. The minimum absolute atomic E-state index is 0. The predicted octanol–water partition coefficient (Wildman–Crippen LogP) is 3.64. The third-order valence-electron chi connectivity index (χ3n) is 4.40. The summed E-state index contributed by atoms with van der Waals surface area (Å²) in [6, 6.07) is 11.9. The number of nitrogens with one attached hydrogen (secondary N) is 2. The molecular weight excluding hydrogens is 483 g/mol. The first-order valence-electron chi connectivity index (χ1n) is 9.20. The van der Waals surface area contributed by atoms with Gasteiger partial charge >= 0.3 is 0 Å². The maximum atomic E-state index is 5.94. The Morgan fingerprint density at radius 1 is 1.10 bits per heavy atom. The van der Waals surface area contributed by atoms with Crippen molar-refractivity contribution in [2.75, 3.05) is 27.4 Å². The van der Waals surface area contributed by atoms with Crippen molar-refractivity contribution < 1.29 is 13.9 Å². The van der Waals surface area contributed by atoms with Gasteiger partial charge in [-0.25, -0.2) is 4.98 Å². The number of pyridine rings is 1. The van der Waals surface area contributed by atoms with Crippen molar-refractivity contribution >= 4 is 40.9 Å². The molecule has 0 aliphatic rings. The van der Waals surface area contributed by atoms with Gasteiger partial charge in [0.25, 0.3) is 0 Å². The van der Waals surface area contributed by atoms with E-state index < -0.39 is 0 Å². The third-order valence-corrected chi connectivity index (χ3v) is 4.40. The Balaban J connectivity index is 0.00000300. The first-order chi connectivity index (χ1) is 13.7. The second kappa shape index (κ2) is 11.6. The number of ether oxygens (including phenoxy) is 2. The smallest absolute Gasteiger partial charge is 0.218 e. The summed E-state index contributed by atoms with van der Waals surface area (Å²) in [7, 11) is 3.38. The zero-order valence-electron chi connectivity index (χ0n) is 16.9. The SMILES string of the molecule is CN=C(NCc1cccnc1OCCOC)NCc1oc2ccccc2c1C.I. The second-order valence-electron chi connectivity index (χ2n) is 6.23. The van der Waals surface area contributed by atoms with Crippen LogP contribution in [0.2, 0.25) is 0 Å². The van der Waals surface area contributed by atoms with Crippen LogP contribution < -0.4 is 15.4 Å². The summed E-state index contributed by atoms with van der Waals surface area (Å²) in [4.78, 5) is 8.57. The Bertz CT molecular complexity index is 943. The Hall–Kier alpha value is -2.33. The van der Waals surface area contributed by atoms with Gasteiger partial charge in [-0.3, -0.25) is 4.99 Å². The van der Waals surface area contributed by atoms with E-state index >= 15 is 0 Å². The number of para-hydroxylation sites is 1. The first-order valence-corrected chi connectivity index (χ1v) is 9.20. The number of fused-ring (bicyclic) bond motifs is 1. The van der Waals surface area contributed by atoms with E-state index in [1.807, 2.05) is 30.3 Å². The zero-order valence-corrected chi connectivity index (χ0v) is 19.2. The monoisotopic (exact) mass is 510 g/mol. The number of guanidine groups is 1. The van der Waals surface area contributed by atoms with Gasteiger partial charge in [-0.15, -0.1) is 24.0 Å². The highest BCUT2D eigenvalue weighted by Gasteiger charge is 2.11. The summed E-state index contributed by atoms with van der Waals surface area (Å²) < 4.78 is 16.6. The number of hydrogen-bond donors (Lipinski definition) is 2. The lowest BCUT2D eigenvalue weighted by molar-refractivity contribution is 0.143. The second-order valence-corrected chi connectivity index (χ2v) is 6.23. The molecule has 0 unspecified atom stereocenters. The summed E-state index contributed by atoms with van der Waals surface area (Å²) in [6.45, 7) is 4.13. The van der Waals surface area contributed by atoms with Gasteiger partial charge in [0.1, 0.15) is 18.0 Å². The molecule has 3 aromatic rings. The molecule has 0 amide bonds. The zero-order chi connectivity index (χ0) is 19.8. The number of aryl methyl sites for hydroxylation is 1. The maximum Gasteiger partial charge on any atom is 0.218 e. The molecule has 0 bridgehead atoms. The van der Waals surface area contributed by atoms with E-state index in [2.05, 4.69) is 33.6 Å². The summed E-state index contributed by atoms with van der Waals surface area (Å²) >= 11 is 0. The summed E-state index contributed by atoms with van der Waals surface area (Å²) in [5.41, 5.74) is 2.98. The van der Waals surface area contributed by atoms with Crippen molar-refractivity contribution in [1.82, 2.24) is 15.6 Å². The van der Waals surface area contributed by atoms with Gasteiger partial charge in [-0.2, -0.15) is 0 Å². The number of nitrogens with zero attached hydrogens (tertiary/aromatic N) is 2. The lowest BCUT2D eigenvalue weighted by atomic mass is 10.1. The minimum Gasteiger partial charge on any atom is -0.475 e. The van der Waals surface area contributed by atoms with E-state index in [1.165, 1.54) is 0 Å². The fourth-order valence-electron chi connectivity index (χ4n) is 2.87. The highest BCUT2D eigenvalue weighted by Crippen LogP contribution is 2.24. The van der Waals surface area contributed by atoms with Gasteiger partial charge < -0.3 is 24.5 Å². The fraction of sp³-hybridized carbons (Fsp3) is 0.333. The van der Waals surface area contributed by atoms with Crippen molar-refractivity contribution in [2.24, 2.45) is 4.99 Å². The maximum absolute atomic E-state index is 5.94. The molecule has 0 spiro atoms. The molecule has 2 N–H and O–H groups in total. The van der Waals surface area contributed by atoms with Gasteiger partial charge in [0.05, 0.1) is 13.2 Å². The van der Waals surface area contributed by atoms with Gasteiger partial charge in [0.2, 0.25) is 5.88 Å². The van der Waals surface area contributed by atoms with Crippen molar-refractivity contribution in [3.05, 3.63) is 59.5 Å². The number of halogens is 1. The average molecular weight is 510 g/mol. The van der Waals surface area contributed by atoms with E-state index in [0.717, 1.165) is 27.9 Å². The molecular formula is C21H27IN4O3. The first kappa shape index (κ1) is 23.0. The number of aromatic nitrogens is 1. The van der Waals surface area contributed by atoms with Crippen molar-refractivity contribution in [3.8, 4) is 5.88 Å². The number of methoxy groups -OCH3 is 1. The van der Waals surface area contributed by atoms with Crippen LogP contribution in [0.5, 0.6) is 5.88 Å². The van der Waals surface area contributed by atoms with E-state index in [4.69, 9.17) is 13.9 Å². The van der Waals surface area contributed by atoms with Crippen LogP contribution in [-0.2, 0) is 17.8 Å². The number of benzene rings is 1. The van der Waals surface area contributed by atoms with E-state index in [9.17, 15) is 0 Å². The molecule has 8 heteroatoms. The normalized spacial score (nSPS) is 11.2. The van der Waals surface area contributed by atoms with Crippen LogP contribution in [0.25, 0.3) is 11.0 Å². The van der Waals surface area contributed by atoms with Gasteiger partial charge in [0, 0.05) is 43.4 Å². The van der Waals surface area contributed by atoms with Crippen LogP contribution >= 0.6 is 24.0 Å². The molecule has 2 heterocycles. The van der Waals surface area contributed by atoms with E-state index in [0.29, 0.717) is 38.1 Å². The van der Waals surface area contributed by atoms with Gasteiger partial charge in [0.15, 0.2) is 5.96 Å². The predicted molar refractivity (Wildman–Crippen MR) is 125 cm³/mol. The van der Waals surface area contributed by atoms with Crippen LogP contribution in [0.15, 0.2) is 52.0 Å². The molecule has 156 valence electrons. The molecule has 0 saturated carbocycles. The summed E-state index contributed by atoms with van der Waals surface area (Å²) in [6.07, 6.45) is 1.71. The Morgan fingerprint density at radius 3 is 2.66 bits per heavy atom. The molecule has 7 nitrogen and oxygen atoms in total.